The Hall–Kier alpha value is -1.69. The van der Waals surface area contributed by atoms with Crippen molar-refractivity contribution >= 4 is 11.6 Å². The summed E-state index contributed by atoms with van der Waals surface area (Å²) in [6, 6.07) is 0.859. The SMILES string of the molecule is CCC1Oc2c(F)cc(CO)c(F)c2NC1=O. The molecule has 0 saturated carbocycles. The summed E-state index contributed by atoms with van der Waals surface area (Å²) in [6.45, 7) is 1.05. The third kappa shape index (κ3) is 1.84. The first-order chi connectivity index (χ1) is 8.08. The molecule has 0 aliphatic carbocycles. The number of amides is 1. The zero-order valence-corrected chi connectivity index (χ0v) is 9.09. The molecular weight excluding hydrogens is 232 g/mol. The predicted octanol–water partition coefficient (Wildman–Crippen LogP) is 1.57. The number of ether oxygens (including phenoxy) is 1. The molecule has 6 heteroatoms. The van der Waals surface area contributed by atoms with Crippen LogP contribution in [-0.2, 0) is 11.4 Å². The molecule has 1 heterocycles. The first-order valence-corrected chi connectivity index (χ1v) is 5.17. The lowest BCUT2D eigenvalue weighted by Crippen LogP contribution is -2.37. The summed E-state index contributed by atoms with van der Waals surface area (Å²) >= 11 is 0. The Kier molecular flexibility index (Phi) is 2.97. The highest BCUT2D eigenvalue weighted by Gasteiger charge is 2.31. The van der Waals surface area contributed by atoms with E-state index in [9.17, 15) is 13.6 Å². The molecule has 0 fully saturated rings. The van der Waals surface area contributed by atoms with Crippen LogP contribution in [0.15, 0.2) is 6.07 Å². The fraction of sp³-hybridized carbons (Fsp3) is 0.364. The molecule has 1 aromatic carbocycles. The first-order valence-electron chi connectivity index (χ1n) is 5.17. The number of nitrogens with one attached hydrogen (secondary N) is 1. The molecule has 1 aliphatic rings. The van der Waals surface area contributed by atoms with E-state index in [2.05, 4.69) is 5.32 Å². The zero-order chi connectivity index (χ0) is 12.6. The Labute approximate surface area is 96.2 Å². The average Bonchev–Trinajstić information content (AvgIpc) is 2.33. The van der Waals surface area contributed by atoms with Gasteiger partial charge in [-0.25, -0.2) is 8.78 Å². The number of aliphatic hydroxyl groups excluding tert-OH is 1. The highest BCUT2D eigenvalue weighted by molar-refractivity contribution is 5.98. The van der Waals surface area contributed by atoms with Crippen molar-refractivity contribution in [3.05, 3.63) is 23.3 Å². The average molecular weight is 243 g/mol. The summed E-state index contributed by atoms with van der Waals surface area (Å²) in [5.74, 6) is -2.50. The molecule has 0 spiro atoms. The van der Waals surface area contributed by atoms with Gasteiger partial charge in [0.15, 0.2) is 23.5 Å². The van der Waals surface area contributed by atoms with E-state index in [1.807, 2.05) is 0 Å². The van der Waals surface area contributed by atoms with E-state index < -0.39 is 30.3 Å². The molecule has 0 bridgehead atoms. The Morgan fingerprint density at radius 1 is 1.53 bits per heavy atom. The number of hydrogen-bond acceptors (Lipinski definition) is 3. The molecule has 1 unspecified atom stereocenters. The largest absolute Gasteiger partial charge is 0.475 e. The second-order valence-corrected chi connectivity index (χ2v) is 3.70. The van der Waals surface area contributed by atoms with E-state index >= 15 is 0 Å². The maximum Gasteiger partial charge on any atom is 0.265 e. The van der Waals surface area contributed by atoms with E-state index in [-0.39, 0.29) is 17.0 Å². The van der Waals surface area contributed by atoms with Crippen LogP contribution in [0.4, 0.5) is 14.5 Å². The molecular formula is C11H11F2NO3. The Balaban J connectivity index is 2.53. The third-order valence-electron chi connectivity index (χ3n) is 2.59. The van der Waals surface area contributed by atoms with E-state index in [4.69, 9.17) is 9.84 Å². The lowest BCUT2D eigenvalue weighted by atomic mass is 10.1. The summed E-state index contributed by atoms with van der Waals surface area (Å²) in [6.07, 6.45) is -0.468. The van der Waals surface area contributed by atoms with Crippen molar-refractivity contribution in [2.45, 2.75) is 26.1 Å². The lowest BCUT2D eigenvalue weighted by Gasteiger charge is -2.26. The van der Waals surface area contributed by atoms with Crippen LogP contribution in [0.5, 0.6) is 5.75 Å². The van der Waals surface area contributed by atoms with E-state index in [1.165, 1.54) is 0 Å². The molecule has 92 valence electrons. The zero-order valence-electron chi connectivity index (χ0n) is 9.09. The summed E-state index contributed by atoms with van der Waals surface area (Å²) in [7, 11) is 0. The quantitative estimate of drug-likeness (QED) is 0.828. The number of aliphatic hydroxyl groups is 1. The molecule has 17 heavy (non-hydrogen) atoms. The van der Waals surface area contributed by atoms with Gasteiger partial charge >= 0.3 is 0 Å². The summed E-state index contributed by atoms with van der Waals surface area (Å²) in [4.78, 5) is 11.5. The van der Waals surface area contributed by atoms with Crippen LogP contribution in [0.3, 0.4) is 0 Å². The van der Waals surface area contributed by atoms with Crippen LogP contribution in [0.25, 0.3) is 0 Å². The van der Waals surface area contributed by atoms with Crippen molar-refractivity contribution in [1.29, 1.82) is 0 Å². The number of fused-ring (bicyclic) bond motifs is 1. The van der Waals surface area contributed by atoms with Gasteiger partial charge in [0, 0.05) is 5.56 Å². The number of carbonyl (C=O) groups excluding carboxylic acids is 1. The lowest BCUT2D eigenvalue weighted by molar-refractivity contribution is -0.123. The molecule has 1 aromatic rings. The number of anilines is 1. The molecule has 0 saturated heterocycles. The van der Waals surface area contributed by atoms with Crippen LogP contribution in [0.1, 0.15) is 18.9 Å². The number of benzene rings is 1. The highest BCUT2D eigenvalue weighted by atomic mass is 19.1. The van der Waals surface area contributed by atoms with Gasteiger partial charge in [-0.05, 0) is 12.5 Å². The van der Waals surface area contributed by atoms with Crippen LogP contribution >= 0.6 is 0 Å². The van der Waals surface area contributed by atoms with Gasteiger partial charge in [0.1, 0.15) is 5.69 Å². The Morgan fingerprint density at radius 2 is 2.24 bits per heavy atom. The van der Waals surface area contributed by atoms with Gasteiger partial charge in [-0.2, -0.15) is 0 Å². The van der Waals surface area contributed by atoms with Crippen LogP contribution in [-0.4, -0.2) is 17.1 Å². The smallest absolute Gasteiger partial charge is 0.265 e. The van der Waals surface area contributed by atoms with Crippen molar-refractivity contribution in [1.82, 2.24) is 0 Å². The van der Waals surface area contributed by atoms with E-state index in [1.54, 1.807) is 6.92 Å². The fourth-order valence-corrected chi connectivity index (χ4v) is 1.67. The van der Waals surface area contributed by atoms with Crippen molar-refractivity contribution < 1.29 is 23.4 Å². The third-order valence-corrected chi connectivity index (χ3v) is 2.59. The number of halogens is 2. The fourth-order valence-electron chi connectivity index (χ4n) is 1.67. The molecule has 2 N–H and O–H groups in total. The molecule has 0 radical (unpaired) electrons. The van der Waals surface area contributed by atoms with Gasteiger partial charge in [0.2, 0.25) is 0 Å². The van der Waals surface area contributed by atoms with E-state index in [0.29, 0.717) is 6.42 Å². The molecule has 0 aromatic heterocycles. The molecule has 1 amide bonds. The minimum absolute atomic E-state index is 0.222. The van der Waals surface area contributed by atoms with Crippen LogP contribution in [0.2, 0.25) is 0 Å². The second-order valence-electron chi connectivity index (χ2n) is 3.70. The van der Waals surface area contributed by atoms with Crippen molar-refractivity contribution in [3.63, 3.8) is 0 Å². The minimum Gasteiger partial charge on any atom is -0.475 e. The van der Waals surface area contributed by atoms with Gasteiger partial charge in [0.25, 0.3) is 5.91 Å². The summed E-state index contributed by atoms with van der Waals surface area (Å²) in [5, 5.41) is 11.1. The van der Waals surface area contributed by atoms with Gasteiger partial charge in [-0.3, -0.25) is 4.79 Å². The maximum atomic E-state index is 13.7. The maximum absolute atomic E-state index is 13.7. The number of hydrogen-bond donors (Lipinski definition) is 2. The first kappa shape index (κ1) is 11.8. The summed E-state index contributed by atoms with van der Waals surface area (Å²) < 4.78 is 32.4. The van der Waals surface area contributed by atoms with Crippen LogP contribution < -0.4 is 10.1 Å². The molecule has 4 nitrogen and oxygen atoms in total. The monoisotopic (exact) mass is 243 g/mol. The van der Waals surface area contributed by atoms with Crippen molar-refractivity contribution in [3.8, 4) is 5.75 Å². The standard InChI is InChI=1S/C11H11F2NO3/c1-2-7-11(16)14-9-8(13)5(4-15)3-6(12)10(9)17-7/h3,7,15H,2,4H2,1H3,(H,14,16). The molecule has 1 aliphatic heterocycles. The molecule has 1 atom stereocenters. The summed E-state index contributed by atoms with van der Waals surface area (Å²) in [5.41, 5.74) is -0.566. The highest BCUT2D eigenvalue weighted by Crippen LogP contribution is 2.37. The van der Waals surface area contributed by atoms with Crippen LogP contribution in [0, 0.1) is 11.6 Å². The Bertz CT molecular complexity index is 476. The second kappa shape index (κ2) is 4.29. The van der Waals surface area contributed by atoms with Gasteiger partial charge in [-0.15, -0.1) is 0 Å². The molecule has 2 rings (SSSR count). The number of rotatable bonds is 2. The predicted molar refractivity (Wildman–Crippen MR) is 55.6 cm³/mol. The van der Waals surface area contributed by atoms with Gasteiger partial charge in [-0.1, -0.05) is 6.92 Å². The topological polar surface area (TPSA) is 58.6 Å². The Morgan fingerprint density at radius 3 is 2.82 bits per heavy atom. The normalized spacial score (nSPS) is 18.4. The minimum atomic E-state index is -0.869. The number of carbonyl (C=O) groups is 1. The van der Waals surface area contributed by atoms with Crippen molar-refractivity contribution in [2.24, 2.45) is 0 Å². The van der Waals surface area contributed by atoms with Gasteiger partial charge < -0.3 is 15.2 Å². The van der Waals surface area contributed by atoms with Gasteiger partial charge in [0.05, 0.1) is 6.61 Å². The van der Waals surface area contributed by atoms with Crippen molar-refractivity contribution in [2.75, 3.05) is 5.32 Å². The van der Waals surface area contributed by atoms with E-state index in [0.717, 1.165) is 6.07 Å².